The standard InChI is InChI=1S/C18H19BrClN5O4/c19-11-7-12-13-15(14(11)20)29-9-10-8-24(18(26)27)1-2-25(10)16(13)22-17(21-12)23-3-5-28-6-4-23/h7,10H,1-6,8-9H2,(H,26,27)/t10-/m0/s1. The number of rotatable bonds is 1. The lowest BCUT2D eigenvalue weighted by Gasteiger charge is -2.40. The summed E-state index contributed by atoms with van der Waals surface area (Å²) in [5.41, 5.74) is 0.740. The molecule has 1 aromatic heterocycles. The topological polar surface area (TPSA) is 91.3 Å². The first-order chi connectivity index (χ1) is 14.0. The average molecular weight is 485 g/mol. The van der Waals surface area contributed by atoms with Gasteiger partial charge in [-0.2, -0.15) is 4.98 Å². The number of hydrogen-bond donors (Lipinski definition) is 1. The molecule has 1 aromatic carbocycles. The van der Waals surface area contributed by atoms with Crippen molar-refractivity contribution in [1.82, 2.24) is 14.9 Å². The summed E-state index contributed by atoms with van der Waals surface area (Å²) in [6.45, 7) is 4.31. The molecule has 9 nitrogen and oxygen atoms in total. The Morgan fingerprint density at radius 1 is 1.24 bits per heavy atom. The normalized spacial score (nSPS) is 21.6. The summed E-state index contributed by atoms with van der Waals surface area (Å²) in [5, 5.41) is 10.6. The van der Waals surface area contributed by atoms with Gasteiger partial charge in [-0.15, -0.1) is 0 Å². The third-order valence-corrected chi connectivity index (χ3v) is 6.77. The van der Waals surface area contributed by atoms with E-state index in [1.54, 1.807) is 0 Å². The van der Waals surface area contributed by atoms with E-state index in [1.165, 1.54) is 4.90 Å². The predicted octanol–water partition coefficient (Wildman–Crippen LogP) is 2.44. The van der Waals surface area contributed by atoms with Crippen LogP contribution in [0.2, 0.25) is 5.02 Å². The van der Waals surface area contributed by atoms with E-state index >= 15 is 0 Å². The van der Waals surface area contributed by atoms with Gasteiger partial charge < -0.3 is 29.3 Å². The highest BCUT2D eigenvalue weighted by Crippen LogP contribution is 2.45. The molecule has 0 unspecified atom stereocenters. The number of anilines is 2. The first kappa shape index (κ1) is 19.0. The van der Waals surface area contributed by atoms with E-state index in [0.717, 1.165) is 29.8 Å². The van der Waals surface area contributed by atoms with Crippen LogP contribution in [-0.4, -0.2) is 84.7 Å². The van der Waals surface area contributed by atoms with Crippen LogP contribution in [-0.2, 0) is 4.74 Å². The van der Waals surface area contributed by atoms with Crippen LogP contribution >= 0.6 is 27.5 Å². The zero-order valence-electron chi connectivity index (χ0n) is 15.5. The van der Waals surface area contributed by atoms with E-state index in [1.807, 2.05) is 6.07 Å². The molecule has 2 fully saturated rings. The highest BCUT2D eigenvalue weighted by Gasteiger charge is 2.36. The minimum atomic E-state index is -0.922. The van der Waals surface area contributed by atoms with E-state index in [4.69, 9.17) is 31.0 Å². The van der Waals surface area contributed by atoms with Crippen LogP contribution in [0.25, 0.3) is 10.9 Å². The van der Waals surface area contributed by atoms with Gasteiger partial charge in [-0.3, -0.25) is 0 Å². The fourth-order valence-corrected chi connectivity index (χ4v) is 4.66. The SMILES string of the molecule is O=C(O)N1CCN2c3nc(N4CCOCC4)nc4cc(Br)c(Cl)c(c34)OC[C@@H]2C1. The first-order valence-electron chi connectivity index (χ1n) is 9.42. The van der Waals surface area contributed by atoms with Crippen molar-refractivity contribution in [3.8, 4) is 5.75 Å². The van der Waals surface area contributed by atoms with Crippen molar-refractivity contribution in [3.05, 3.63) is 15.6 Å². The quantitative estimate of drug-likeness (QED) is 0.660. The Morgan fingerprint density at radius 2 is 2.03 bits per heavy atom. The van der Waals surface area contributed by atoms with Gasteiger partial charge in [0.25, 0.3) is 0 Å². The molecule has 1 atom stereocenters. The van der Waals surface area contributed by atoms with Gasteiger partial charge in [0.1, 0.15) is 12.4 Å². The molecule has 29 heavy (non-hydrogen) atoms. The second kappa shape index (κ2) is 7.33. The summed E-state index contributed by atoms with van der Waals surface area (Å²) in [6.07, 6.45) is -0.922. The number of piperazine rings is 1. The second-order valence-electron chi connectivity index (χ2n) is 7.23. The number of ether oxygens (including phenoxy) is 2. The van der Waals surface area contributed by atoms with E-state index in [-0.39, 0.29) is 6.04 Å². The summed E-state index contributed by atoms with van der Waals surface area (Å²) in [5.74, 6) is 1.92. The lowest BCUT2D eigenvalue weighted by atomic mass is 10.1. The summed E-state index contributed by atoms with van der Waals surface area (Å²) in [6, 6.07) is 1.73. The third kappa shape index (κ3) is 3.23. The van der Waals surface area contributed by atoms with Crippen LogP contribution in [0.5, 0.6) is 5.75 Å². The van der Waals surface area contributed by atoms with E-state index in [2.05, 4.69) is 25.7 Å². The molecule has 5 rings (SSSR count). The van der Waals surface area contributed by atoms with Gasteiger partial charge in [-0.1, -0.05) is 11.6 Å². The average Bonchev–Trinajstić information content (AvgIpc) is 2.90. The molecule has 0 radical (unpaired) electrons. The van der Waals surface area contributed by atoms with Gasteiger partial charge in [-0.05, 0) is 22.0 Å². The third-order valence-electron chi connectivity index (χ3n) is 5.54. The van der Waals surface area contributed by atoms with Gasteiger partial charge >= 0.3 is 6.09 Å². The number of carboxylic acid groups (broad SMARTS) is 1. The number of halogens is 2. The fourth-order valence-electron chi connectivity index (χ4n) is 4.06. The Balaban J connectivity index is 1.66. The second-order valence-corrected chi connectivity index (χ2v) is 8.46. The molecule has 3 aliphatic rings. The number of carbonyl (C=O) groups is 1. The minimum Gasteiger partial charge on any atom is -0.489 e. The van der Waals surface area contributed by atoms with Gasteiger partial charge in [0.05, 0.1) is 35.2 Å². The minimum absolute atomic E-state index is 0.155. The smallest absolute Gasteiger partial charge is 0.407 e. The molecule has 4 heterocycles. The molecule has 0 bridgehead atoms. The lowest BCUT2D eigenvalue weighted by molar-refractivity contribution is 0.122. The highest BCUT2D eigenvalue weighted by atomic mass is 79.9. The van der Waals surface area contributed by atoms with E-state index < -0.39 is 6.09 Å². The predicted molar refractivity (Wildman–Crippen MR) is 112 cm³/mol. The van der Waals surface area contributed by atoms with Crippen molar-refractivity contribution in [2.75, 3.05) is 62.3 Å². The van der Waals surface area contributed by atoms with Crippen molar-refractivity contribution in [2.24, 2.45) is 0 Å². The van der Waals surface area contributed by atoms with Crippen molar-refractivity contribution >= 4 is 56.3 Å². The van der Waals surface area contributed by atoms with E-state index in [0.29, 0.717) is 60.6 Å². The summed E-state index contributed by atoms with van der Waals surface area (Å²) >= 11 is 10.0. The molecule has 2 saturated heterocycles. The maximum atomic E-state index is 11.5. The van der Waals surface area contributed by atoms with Crippen LogP contribution in [0.15, 0.2) is 10.5 Å². The van der Waals surface area contributed by atoms with Gasteiger partial charge in [-0.25, -0.2) is 9.78 Å². The Kier molecular flexibility index (Phi) is 4.79. The molecule has 0 saturated carbocycles. The van der Waals surface area contributed by atoms with Gasteiger partial charge in [0, 0.05) is 37.2 Å². The lowest BCUT2D eigenvalue weighted by Crippen LogP contribution is -2.56. The molecule has 1 amide bonds. The van der Waals surface area contributed by atoms with Gasteiger partial charge in [0.15, 0.2) is 5.75 Å². The molecule has 154 valence electrons. The molecular weight excluding hydrogens is 466 g/mol. The molecular formula is C18H19BrClN5O4. The molecule has 0 spiro atoms. The summed E-state index contributed by atoms with van der Waals surface area (Å²) < 4.78 is 12.2. The Morgan fingerprint density at radius 3 is 2.79 bits per heavy atom. The maximum absolute atomic E-state index is 11.5. The summed E-state index contributed by atoms with van der Waals surface area (Å²) in [7, 11) is 0. The Bertz CT molecular complexity index is 987. The zero-order chi connectivity index (χ0) is 20.1. The van der Waals surface area contributed by atoms with Crippen molar-refractivity contribution < 1.29 is 19.4 Å². The first-order valence-corrected chi connectivity index (χ1v) is 10.6. The van der Waals surface area contributed by atoms with Gasteiger partial charge in [0.2, 0.25) is 5.95 Å². The van der Waals surface area contributed by atoms with E-state index in [9.17, 15) is 9.90 Å². The number of nitrogens with zero attached hydrogens (tertiary/aromatic N) is 5. The molecule has 2 aromatic rings. The van der Waals surface area contributed by atoms with Crippen LogP contribution < -0.4 is 14.5 Å². The zero-order valence-corrected chi connectivity index (χ0v) is 17.8. The molecule has 0 aliphatic carbocycles. The van der Waals surface area contributed by atoms with Crippen LogP contribution in [0, 0.1) is 0 Å². The largest absolute Gasteiger partial charge is 0.489 e. The Labute approximate surface area is 180 Å². The Hall–Kier alpha value is -2.04. The summed E-state index contributed by atoms with van der Waals surface area (Å²) in [4.78, 5) is 26.8. The van der Waals surface area contributed by atoms with Crippen molar-refractivity contribution in [1.29, 1.82) is 0 Å². The molecule has 1 N–H and O–H groups in total. The van der Waals surface area contributed by atoms with Crippen molar-refractivity contribution in [2.45, 2.75) is 6.04 Å². The highest BCUT2D eigenvalue weighted by molar-refractivity contribution is 9.10. The van der Waals surface area contributed by atoms with Crippen molar-refractivity contribution in [3.63, 3.8) is 0 Å². The number of amides is 1. The number of hydrogen-bond acceptors (Lipinski definition) is 7. The maximum Gasteiger partial charge on any atom is 0.407 e. The monoisotopic (exact) mass is 483 g/mol. The van der Waals surface area contributed by atoms with Crippen LogP contribution in [0.3, 0.4) is 0 Å². The molecule has 11 heteroatoms. The van der Waals surface area contributed by atoms with Crippen LogP contribution in [0.4, 0.5) is 16.6 Å². The number of benzene rings is 1. The molecule has 3 aliphatic heterocycles. The van der Waals surface area contributed by atoms with Crippen LogP contribution in [0.1, 0.15) is 0 Å². The number of morpholine rings is 1. The fraction of sp³-hybridized carbons (Fsp3) is 0.500. The number of fused-ring (bicyclic) bond motifs is 2. The number of aromatic nitrogens is 2.